The van der Waals surface area contributed by atoms with Crippen molar-refractivity contribution in [2.45, 2.75) is 20.0 Å². The van der Waals surface area contributed by atoms with Crippen molar-refractivity contribution in [3.05, 3.63) is 59.2 Å². The van der Waals surface area contributed by atoms with Crippen molar-refractivity contribution in [3.63, 3.8) is 0 Å². The number of aliphatic hydroxyl groups excluding tert-OH is 1. The third-order valence-corrected chi connectivity index (χ3v) is 3.51. The molecule has 0 fully saturated rings. The van der Waals surface area contributed by atoms with Crippen LogP contribution in [0.15, 0.2) is 42.5 Å². The van der Waals surface area contributed by atoms with Gasteiger partial charge in [-0.3, -0.25) is 4.79 Å². The van der Waals surface area contributed by atoms with Gasteiger partial charge in [0.05, 0.1) is 11.3 Å². The van der Waals surface area contributed by atoms with Gasteiger partial charge in [-0.1, -0.05) is 12.1 Å². The van der Waals surface area contributed by atoms with Crippen LogP contribution in [-0.4, -0.2) is 30.1 Å². The number of aryl methyl sites for hydroxylation is 1. The molecule has 0 aliphatic heterocycles. The van der Waals surface area contributed by atoms with Crippen molar-refractivity contribution in [2.75, 3.05) is 18.5 Å². The molecule has 2 N–H and O–H groups in total. The zero-order valence-electron chi connectivity index (χ0n) is 13.7. The number of benzene rings is 2. The van der Waals surface area contributed by atoms with Gasteiger partial charge in [-0.15, -0.1) is 0 Å². The summed E-state index contributed by atoms with van der Waals surface area (Å²) in [6.45, 7) is 3.78. The first kappa shape index (κ1) is 17.5. The number of hydrogen-bond acceptors (Lipinski definition) is 5. The first-order chi connectivity index (χ1) is 11.5. The summed E-state index contributed by atoms with van der Waals surface area (Å²) in [6.07, 6.45) is -0.752. The Hall–Kier alpha value is -2.84. The molecule has 0 radical (unpaired) electrons. The molecule has 2 aromatic rings. The minimum absolute atomic E-state index is 0.0779. The van der Waals surface area contributed by atoms with Crippen LogP contribution < -0.4 is 10.1 Å². The van der Waals surface area contributed by atoms with E-state index in [0.29, 0.717) is 22.6 Å². The highest BCUT2D eigenvalue weighted by molar-refractivity contribution is 5.95. The van der Waals surface area contributed by atoms with Crippen LogP contribution in [0.2, 0.25) is 0 Å². The van der Waals surface area contributed by atoms with Crippen molar-refractivity contribution in [2.24, 2.45) is 0 Å². The molecule has 1 atom stereocenters. The monoisotopic (exact) mass is 324 g/mol. The van der Waals surface area contributed by atoms with Crippen LogP contribution in [0.3, 0.4) is 0 Å². The van der Waals surface area contributed by atoms with E-state index in [1.54, 1.807) is 18.2 Å². The van der Waals surface area contributed by atoms with Crippen LogP contribution in [0.4, 0.5) is 5.69 Å². The van der Waals surface area contributed by atoms with Crippen molar-refractivity contribution < 1.29 is 14.6 Å². The number of rotatable bonds is 7. The Morgan fingerprint density at radius 2 is 2.12 bits per heavy atom. The largest absolute Gasteiger partial charge is 0.491 e. The van der Waals surface area contributed by atoms with E-state index in [1.807, 2.05) is 31.2 Å². The lowest BCUT2D eigenvalue weighted by molar-refractivity contribution is 0.101. The highest BCUT2D eigenvalue weighted by Crippen LogP contribution is 2.18. The minimum Gasteiger partial charge on any atom is -0.491 e. The van der Waals surface area contributed by atoms with Crippen molar-refractivity contribution in [1.82, 2.24) is 0 Å². The van der Waals surface area contributed by atoms with Crippen LogP contribution >= 0.6 is 0 Å². The number of nitriles is 1. The minimum atomic E-state index is -0.752. The molecule has 0 amide bonds. The average Bonchev–Trinajstić information content (AvgIpc) is 2.57. The van der Waals surface area contributed by atoms with Gasteiger partial charge in [0, 0.05) is 12.1 Å². The molecular formula is C19H20N2O3. The second-order valence-electron chi connectivity index (χ2n) is 5.59. The van der Waals surface area contributed by atoms with Gasteiger partial charge < -0.3 is 15.2 Å². The van der Waals surface area contributed by atoms with Gasteiger partial charge in [0.2, 0.25) is 0 Å². The summed E-state index contributed by atoms with van der Waals surface area (Å²) in [6, 6.07) is 14.5. The standard InChI is InChI=1S/C19H20N2O3/c1-13-4-3-5-18(8-13)24-12-17(23)11-21-19-9-15(14(2)22)6-7-16(19)10-20/h3-9,17,21,23H,11-12H2,1-2H3. The summed E-state index contributed by atoms with van der Waals surface area (Å²) in [5, 5.41) is 22.2. The van der Waals surface area contributed by atoms with Gasteiger partial charge in [-0.05, 0) is 49.7 Å². The highest BCUT2D eigenvalue weighted by Gasteiger charge is 2.10. The molecule has 5 heteroatoms. The first-order valence-electron chi connectivity index (χ1n) is 7.66. The van der Waals surface area contributed by atoms with E-state index >= 15 is 0 Å². The summed E-state index contributed by atoms with van der Waals surface area (Å²) in [7, 11) is 0. The molecule has 2 aromatic carbocycles. The fourth-order valence-electron chi connectivity index (χ4n) is 2.19. The molecule has 2 rings (SSSR count). The Morgan fingerprint density at radius 3 is 2.79 bits per heavy atom. The molecule has 24 heavy (non-hydrogen) atoms. The summed E-state index contributed by atoms with van der Waals surface area (Å²) in [5.41, 5.74) is 2.55. The number of anilines is 1. The van der Waals surface area contributed by atoms with E-state index in [1.165, 1.54) is 6.92 Å². The van der Waals surface area contributed by atoms with Crippen LogP contribution in [0.25, 0.3) is 0 Å². The number of nitrogens with zero attached hydrogens (tertiary/aromatic N) is 1. The lowest BCUT2D eigenvalue weighted by atomic mass is 10.1. The summed E-state index contributed by atoms with van der Waals surface area (Å²) >= 11 is 0. The number of ketones is 1. The Kier molecular flexibility index (Phi) is 5.94. The van der Waals surface area contributed by atoms with Crippen molar-refractivity contribution in [1.29, 1.82) is 5.26 Å². The molecule has 0 bridgehead atoms. The van der Waals surface area contributed by atoms with Crippen molar-refractivity contribution >= 4 is 11.5 Å². The van der Waals surface area contributed by atoms with Gasteiger partial charge in [0.1, 0.15) is 24.5 Å². The molecule has 0 aliphatic carbocycles. The van der Waals surface area contributed by atoms with Gasteiger partial charge in [0.15, 0.2) is 5.78 Å². The molecule has 5 nitrogen and oxygen atoms in total. The fourth-order valence-corrected chi connectivity index (χ4v) is 2.19. The second-order valence-corrected chi connectivity index (χ2v) is 5.59. The Balaban J connectivity index is 1.93. The first-order valence-corrected chi connectivity index (χ1v) is 7.66. The van der Waals surface area contributed by atoms with Crippen LogP contribution in [0.5, 0.6) is 5.75 Å². The summed E-state index contributed by atoms with van der Waals surface area (Å²) in [4.78, 5) is 11.4. The van der Waals surface area contributed by atoms with E-state index in [9.17, 15) is 9.90 Å². The van der Waals surface area contributed by atoms with Crippen LogP contribution in [0, 0.1) is 18.3 Å². The van der Waals surface area contributed by atoms with E-state index in [2.05, 4.69) is 11.4 Å². The molecule has 124 valence electrons. The Labute approximate surface area is 141 Å². The van der Waals surface area contributed by atoms with E-state index < -0.39 is 6.10 Å². The number of aliphatic hydroxyl groups is 1. The van der Waals surface area contributed by atoms with E-state index in [4.69, 9.17) is 10.00 Å². The topological polar surface area (TPSA) is 82.4 Å². The molecular weight excluding hydrogens is 304 g/mol. The molecule has 0 saturated carbocycles. The van der Waals surface area contributed by atoms with E-state index in [-0.39, 0.29) is 18.9 Å². The van der Waals surface area contributed by atoms with Gasteiger partial charge in [0.25, 0.3) is 0 Å². The predicted octanol–water partition coefficient (Wildman–Crippen LogP) is 2.92. The number of carbonyl (C=O) groups is 1. The Morgan fingerprint density at radius 1 is 1.33 bits per heavy atom. The lowest BCUT2D eigenvalue weighted by Crippen LogP contribution is -2.26. The number of hydrogen-bond donors (Lipinski definition) is 2. The maximum absolute atomic E-state index is 11.4. The third-order valence-electron chi connectivity index (χ3n) is 3.51. The normalized spacial score (nSPS) is 11.4. The van der Waals surface area contributed by atoms with E-state index in [0.717, 1.165) is 5.56 Å². The average molecular weight is 324 g/mol. The summed E-state index contributed by atoms with van der Waals surface area (Å²) < 4.78 is 5.55. The van der Waals surface area contributed by atoms with Crippen molar-refractivity contribution in [3.8, 4) is 11.8 Å². The maximum atomic E-state index is 11.4. The SMILES string of the molecule is CC(=O)c1ccc(C#N)c(NCC(O)COc2cccc(C)c2)c1. The van der Waals surface area contributed by atoms with Crippen LogP contribution in [0.1, 0.15) is 28.4 Å². The number of Topliss-reactive ketones (excluding diaryl/α,β-unsaturated/α-hetero) is 1. The molecule has 1 unspecified atom stereocenters. The predicted molar refractivity (Wildman–Crippen MR) is 92.3 cm³/mol. The maximum Gasteiger partial charge on any atom is 0.159 e. The summed E-state index contributed by atoms with van der Waals surface area (Å²) in [5.74, 6) is 0.621. The quantitative estimate of drug-likeness (QED) is 0.765. The molecule has 0 heterocycles. The van der Waals surface area contributed by atoms with Gasteiger partial charge >= 0.3 is 0 Å². The second kappa shape index (κ2) is 8.14. The third kappa shape index (κ3) is 4.83. The van der Waals surface area contributed by atoms with Gasteiger partial charge in [-0.2, -0.15) is 5.26 Å². The molecule has 0 saturated heterocycles. The molecule has 0 aliphatic rings. The van der Waals surface area contributed by atoms with Gasteiger partial charge in [-0.25, -0.2) is 0 Å². The lowest BCUT2D eigenvalue weighted by Gasteiger charge is -2.15. The van der Waals surface area contributed by atoms with Crippen LogP contribution in [-0.2, 0) is 0 Å². The number of ether oxygens (including phenoxy) is 1. The number of carbonyl (C=O) groups excluding carboxylic acids is 1. The smallest absolute Gasteiger partial charge is 0.159 e. The number of nitrogens with one attached hydrogen (secondary N) is 1. The zero-order valence-corrected chi connectivity index (χ0v) is 13.7. The Bertz CT molecular complexity index is 765. The molecule has 0 aromatic heterocycles. The zero-order chi connectivity index (χ0) is 17.5. The highest BCUT2D eigenvalue weighted by atomic mass is 16.5. The fraction of sp³-hybridized carbons (Fsp3) is 0.263. The molecule has 0 spiro atoms.